The number of hydrogen-bond acceptors (Lipinski definition) is 8. The smallest absolute Gasteiger partial charge is 0.444 e. The Hall–Kier alpha value is -2.88. The molecule has 2 aromatic rings. The van der Waals surface area contributed by atoms with Crippen molar-refractivity contribution < 1.29 is 32.3 Å². The van der Waals surface area contributed by atoms with E-state index in [0.717, 1.165) is 24.2 Å². The Balaban J connectivity index is 1.51. The minimum absolute atomic E-state index is 0.0198. The standard InChI is InChI=1S/C23H29BrF3N7O4S/c1-22(2,3)38-21(37)32-17-15(31-20(24)39-17)16(35)30-14-11-28-34(13-6-7-13)18(14)33-9-4-5-12(8-10-33)29-19(36)23(25,26)27/h11-13H,4-10H2,1-3H3,(H,29,36)(H,30,35)(H,32,37)/t12-/m1/s1. The molecule has 0 aromatic carbocycles. The Labute approximate surface area is 235 Å². The van der Waals surface area contributed by atoms with Crippen LogP contribution in [0.5, 0.6) is 0 Å². The van der Waals surface area contributed by atoms with E-state index in [4.69, 9.17) is 4.74 Å². The summed E-state index contributed by atoms with van der Waals surface area (Å²) in [6.07, 6.45) is -1.07. The predicted molar refractivity (Wildman–Crippen MR) is 142 cm³/mol. The van der Waals surface area contributed by atoms with Crippen molar-refractivity contribution in [1.82, 2.24) is 20.1 Å². The maximum absolute atomic E-state index is 13.3. The van der Waals surface area contributed by atoms with E-state index in [2.05, 4.69) is 42.0 Å². The molecule has 1 aliphatic carbocycles. The molecule has 3 heterocycles. The van der Waals surface area contributed by atoms with Gasteiger partial charge in [-0.2, -0.15) is 18.3 Å². The van der Waals surface area contributed by atoms with Crippen LogP contribution in [0, 0.1) is 0 Å². The second-order valence-electron chi connectivity index (χ2n) is 10.4. The van der Waals surface area contributed by atoms with Crippen molar-refractivity contribution >= 4 is 61.7 Å². The zero-order valence-corrected chi connectivity index (χ0v) is 23.9. The van der Waals surface area contributed by atoms with Crippen molar-refractivity contribution in [1.29, 1.82) is 0 Å². The highest BCUT2D eigenvalue weighted by Crippen LogP contribution is 2.41. The van der Waals surface area contributed by atoms with Gasteiger partial charge in [0, 0.05) is 19.1 Å². The van der Waals surface area contributed by atoms with E-state index >= 15 is 0 Å². The quantitative estimate of drug-likeness (QED) is 0.404. The number of hydrogen-bond donors (Lipinski definition) is 3. The Kier molecular flexibility index (Phi) is 8.44. The highest BCUT2D eigenvalue weighted by molar-refractivity contribution is 9.11. The number of thiazole rings is 1. The molecule has 3 amide bonds. The fourth-order valence-corrected chi connectivity index (χ4v) is 5.51. The maximum atomic E-state index is 13.3. The fourth-order valence-electron chi connectivity index (χ4n) is 4.18. The van der Waals surface area contributed by atoms with Crippen LogP contribution in [0.25, 0.3) is 0 Å². The van der Waals surface area contributed by atoms with Gasteiger partial charge in [0.05, 0.1) is 12.2 Å². The summed E-state index contributed by atoms with van der Waals surface area (Å²) in [6.45, 7) is 6.02. The van der Waals surface area contributed by atoms with Gasteiger partial charge in [-0.25, -0.2) is 14.5 Å². The number of nitrogens with zero attached hydrogens (tertiary/aromatic N) is 4. The number of alkyl halides is 3. The van der Waals surface area contributed by atoms with E-state index in [1.807, 2.05) is 9.58 Å². The van der Waals surface area contributed by atoms with E-state index in [0.29, 0.717) is 47.8 Å². The molecular weight excluding hydrogens is 607 g/mol. The number of nitrogens with one attached hydrogen (secondary N) is 3. The lowest BCUT2D eigenvalue weighted by atomic mass is 10.1. The normalized spacial score (nSPS) is 18.3. The van der Waals surface area contributed by atoms with Crippen LogP contribution in [0.15, 0.2) is 10.1 Å². The first kappa shape index (κ1) is 29.1. The summed E-state index contributed by atoms with van der Waals surface area (Å²) in [5, 5.41) is 12.1. The summed E-state index contributed by atoms with van der Waals surface area (Å²) in [7, 11) is 0. The molecule has 39 heavy (non-hydrogen) atoms. The fraction of sp³-hybridized carbons (Fsp3) is 0.609. The van der Waals surface area contributed by atoms with E-state index in [9.17, 15) is 27.6 Å². The largest absolute Gasteiger partial charge is 0.471 e. The second kappa shape index (κ2) is 11.3. The maximum Gasteiger partial charge on any atom is 0.471 e. The first-order chi connectivity index (χ1) is 18.2. The predicted octanol–water partition coefficient (Wildman–Crippen LogP) is 5.07. The zero-order valence-electron chi connectivity index (χ0n) is 21.5. The highest BCUT2D eigenvalue weighted by atomic mass is 79.9. The molecule has 2 aliphatic rings. The van der Waals surface area contributed by atoms with Crippen LogP contribution in [0.2, 0.25) is 0 Å². The van der Waals surface area contributed by atoms with Crippen LogP contribution in [0.3, 0.4) is 0 Å². The summed E-state index contributed by atoms with van der Waals surface area (Å²) >= 11 is 4.31. The van der Waals surface area contributed by atoms with Gasteiger partial charge in [0.2, 0.25) is 0 Å². The van der Waals surface area contributed by atoms with Crippen LogP contribution in [-0.4, -0.2) is 63.6 Å². The van der Waals surface area contributed by atoms with Gasteiger partial charge < -0.3 is 20.3 Å². The molecule has 0 bridgehead atoms. The van der Waals surface area contributed by atoms with E-state index in [1.54, 1.807) is 20.8 Å². The number of aromatic nitrogens is 3. The van der Waals surface area contributed by atoms with E-state index in [1.165, 1.54) is 6.20 Å². The van der Waals surface area contributed by atoms with Gasteiger partial charge >= 0.3 is 18.2 Å². The van der Waals surface area contributed by atoms with Crippen molar-refractivity contribution in [3.05, 3.63) is 15.8 Å². The molecule has 0 spiro atoms. The van der Waals surface area contributed by atoms with Crippen molar-refractivity contribution in [2.45, 2.75) is 76.7 Å². The first-order valence-corrected chi connectivity index (χ1v) is 14.0. The number of carbonyl (C=O) groups excluding carboxylic acids is 3. The molecule has 1 saturated carbocycles. The molecule has 0 radical (unpaired) electrons. The SMILES string of the molecule is CC(C)(C)OC(=O)Nc1sc(Br)nc1C(=O)Nc1cnn(C2CC2)c1N1CCC[C@@H](NC(=O)C(F)(F)F)CC1. The van der Waals surface area contributed by atoms with Gasteiger partial charge in [-0.15, -0.1) is 0 Å². The van der Waals surface area contributed by atoms with Gasteiger partial charge in [0.25, 0.3) is 5.91 Å². The minimum atomic E-state index is -4.93. The Bertz CT molecular complexity index is 1240. The van der Waals surface area contributed by atoms with Crippen LogP contribution in [-0.2, 0) is 9.53 Å². The van der Waals surface area contributed by atoms with Crippen LogP contribution >= 0.6 is 27.3 Å². The minimum Gasteiger partial charge on any atom is -0.444 e. The monoisotopic (exact) mass is 635 g/mol. The number of ether oxygens (including phenoxy) is 1. The van der Waals surface area contributed by atoms with Crippen molar-refractivity contribution in [2.75, 3.05) is 28.6 Å². The van der Waals surface area contributed by atoms with Gasteiger partial charge in [0.15, 0.2) is 15.4 Å². The summed E-state index contributed by atoms with van der Waals surface area (Å²) < 4.78 is 45.7. The summed E-state index contributed by atoms with van der Waals surface area (Å²) in [5.41, 5.74) is -0.340. The molecule has 3 N–H and O–H groups in total. The molecule has 0 unspecified atom stereocenters. The third-order valence-corrected chi connectivity index (χ3v) is 7.38. The first-order valence-electron chi connectivity index (χ1n) is 12.4. The van der Waals surface area contributed by atoms with Gasteiger partial charge in [-0.1, -0.05) is 11.3 Å². The number of amides is 3. The third-order valence-electron chi connectivity index (χ3n) is 5.96. The van der Waals surface area contributed by atoms with Crippen molar-refractivity contribution in [3.8, 4) is 0 Å². The summed E-state index contributed by atoms with van der Waals surface area (Å²) in [4.78, 5) is 43.2. The molecule has 2 fully saturated rings. The molecule has 11 nitrogen and oxygen atoms in total. The summed E-state index contributed by atoms with van der Waals surface area (Å²) in [5.74, 6) is -1.88. The second-order valence-corrected chi connectivity index (χ2v) is 12.6. The Morgan fingerprint density at radius 3 is 2.46 bits per heavy atom. The number of rotatable bonds is 6. The molecule has 2 aromatic heterocycles. The van der Waals surface area contributed by atoms with Gasteiger partial charge in [-0.3, -0.25) is 14.9 Å². The third kappa shape index (κ3) is 7.62. The molecule has 1 atom stereocenters. The highest BCUT2D eigenvalue weighted by Gasteiger charge is 2.40. The lowest BCUT2D eigenvalue weighted by Crippen LogP contribution is -2.43. The summed E-state index contributed by atoms with van der Waals surface area (Å²) in [6, 6.07) is -0.458. The number of halogens is 4. The van der Waals surface area contributed by atoms with Crippen LogP contribution < -0.4 is 20.9 Å². The topological polar surface area (TPSA) is 130 Å². The average molecular weight is 636 g/mol. The van der Waals surface area contributed by atoms with Crippen molar-refractivity contribution in [3.63, 3.8) is 0 Å². The molecule has 4 rings (SSSR count). The Morgan fingerprint density at radius 2 is 1.82 bits per heavy atom. The van der Waals surface area contributed by atoms with E-state index < -0.39 is 35.7 Å². The Morgan fingerprint density at radius 1 is 1.10 bits per heavy atom. The van der Waals surface area contributed by atoms with Crippen molar-refractivity contribution in [2.24, 2.45) is 0 Å². The van der Waals surface area contributed by atoms with Crippen LogP contribution in [0.1, 0.15) is 69.4 Å². The lowest BCUT2D eigenvalue weighted by Gasteiger charge is -2.25. The number of carbonyl (C=O) groups is 3. The van der Waals surface area contributed by atoms with Gasteiger partial charge in [-0.05, 0) is 68.8 Å². The van der Waals surface area contributed by atoms with Gasteiger partial charge in [0.1, 0.15) is 16.3 Å². The molecule has 1 saturated heterocycles. The molecular formula is C23H29BrF3N7O4S. The lowest BCUT2D eigenvalue weighted by molar-refractivity contribution is -0.174. The zero-order chi connectivity index (χ0) is 28.5. The molecule has 1 aliphatic heterocycles. The molecule has 16 heteroatoms. The number of anilines is 3. The molecule has 214 valence electrons. The average Bonchev–Trinajstić information content (AvgIpc) is 3.52. The van der Waals surface area contributed by atoms with E-state index in [-0.39, 0.29) is 16.7 Å². The van der Waals surface area contributed by atoms with Crippen LogP contribution in [0.4, 0.5) is 34.5 Å².